The molecule has 0 aromatic heterocycles. The number of rotatable bonds is 4. The molecule has 0 fully saturated rings. The SMILES string of the molecule is Cc1c(Cl)cccc1N/C=C(/C#N)C(=O)Nc1ccccc1O. The maximum Gasteiger partial charge on any atom is 0.267 e. The van der Waals surface area contributed by atoms with Crippen molar-refractivity contribution in [1.29, 1.82) is 5.26 Å². The molecule has 0 spiro atoms. The second kappa shape index (κ2) is 7.34. The first-order chi connectivity index (χ1) is 11.0. The van der Waals surface area contributed by atoms with E-state index in [1.165, 1.54) is 18.3 Å². The standard InChI is InChI=1S/C17H14ClN3O2/c1-11-13(18)5-4-7-14(11)20-10-12(9-19)17(23)21-15-6-2-3-8-16(15)22/h2-8,10,20,22H,1H3,(H,21,23)/b12-10-. The normalized spacial score (nSPS) is 10.7. The third-order valence-electron chi connectivity index (χ3n) is 3.16. The van der Waals surface area contributed by atoms with Gasteiger partial charge in [0, 0.05) is 16.9 Å². The molecule has 116 valence electrons. The van der Waals surface area contributed by atoms with Gasteiger partial charge in [0.15, 0.2) is 0 Å². The Morgan fingerprint density at radius 3 is 2.61 bits per heavy atom. The molecule has 0 aliphatic heterocycles. The molecular formula is C17H14ClN3O2. The zero-order valence-electron chi connectivity index (χ0n) is 12.3. The first-order valence-electron chi connectivity index (χ1n) is 6.74. The number of hydrogen-bond acceptors (Lipinski definition) is 4. The number of amides is 1. The number of nitrogens with zero attached hydrogens (tertiary/aromatic N) is 1. The van der Waals surface area contributed by atoms with Gasteiger partial charge in [0.1, 0.15) is 17.4 Å². The number of hydrogen-bond donors (Lipinski definition) is 3. The number of carbonyl (C=O) groups is 1. The van der Waals surface area contributed by atoms with Crippen molar-refractivity contribution in [1.82, 2.24) is 0 Å². The summed E-state index contributed by atoms with van der Waals surface area (Å²) in [6.07, 6.45) is 1.30. The molecule has 2 aromatic rings. The predicted octanol–water partition coefficient (Wildman–Crippen LogP) is 3.81. The monoisotopic (exact) mass is 327 g/mol. The van der Waals surface area contributed by atoms with Crippen molar-refractivity contribution < 1.29 is 9.90 Å². The highest BCUT2D eigenvalue weighted by Crippen LogP contribution is 2.24. The Morgan fingerprint density at radius 1 is 1.22 bits per heavy atom. The molecule has 0 radical (unpaired) electrons. The Hall–Kier alpha value is -2.97. The van der Waals surface area contributed by atoms with Crippen LogP contribution in [-0.4, -0.2) is 11.0 Å². The highest BCUT2D eigenvalue weighted by Gasteiger charge is 2.11. The summed E-state index contributed by atoms with van der Waals surface area (Å²) < 4.78 is 0. The highest BCUT2D eigenvalue weighted by atomic mass is 35.5. The van der Waals surface area contributed by atoms with E-state index in [0.29, 0.717) is 10.7 Å². The molecule has 5 nitrogen and oxygen atoms in total. The Labute approximate surface area is 138 Å². The van der Waals surface area contributed by atoms with Crippen LogP contribution >= 0.6 is 11.6 Å². The second-order valence-corrected chi connectivity index (χ2v) is 5.11. The highest BCUT2D eigenvalue weighted by molar-refractivity contribution is 6.31. The van der Waals surface area contributed by atoms with Gasteiger partial charge >= 0.3 is 0 Å². The lowest BCUT2D eigenvalue weighted by Gasteiger charge is -2.08. The summed E-state index contributed by atoms with van der Waals surface area (Å²) >= 11 is 6.02. The van der Waals surface area contributed by atoms with Crippen LogP contribution in [0.4, 0.5) is 11.4 Å². The maximum absolute atomic E-state index is 12.1. The van der Waals surface area contributed by atoms with Gasteiger partial charge in [-0.15, -0.1) is 0 Å². The van der Waals surface area contributed by atoms with E-state index in [0.717, 1.165) is 5.56 Å². The van der Waals surface area contributed by atoms with Crippen molar-refractivity contribution in [2.45, 2.75) is 6.92 Å². The number of phenolic OH excluding ortho intramolecular Hbond substituents is 1. The fraction of sp³-hybridized carbons (Fsp3) is 0.0588. The van der Waals surface area contributed by atoms with E-state index in [4.69, 9.17) is 16.9 Å². The fourth-order valence-corrected chi connectivity index (χ4v) is 2.01. The smallest absolute Gasteiger partial charge is 0.267 e. The average molecular weight is 328 g/mol. The third-order valence-corrected chi connectivity index (χ3v) is 3.57. The summed E-state index contributed by atoms with van der Waals surface area (Å²) in [4.78, 5) is 12.1. The lowest BCUT2D eigenvalue weighted by atomic mass is 10.2. The summed E-state index contributed by atoms with van der Waals surface area (Å²) in [6.45, 7) is 1.83. The first-order valence-corrected chi connectivity index (χ1v) is 7.12. The van der Waals surface area contributed by atoms with Gasteiger partial charge in [-0.25, -0.2) is 0 Å². The number of aromatic hydroxyl groups is 1. The average Bonchev–Trinajstić information content (AvgIpc) is 2.54. The third kappa shape index (κ3) is 4.02. The second-order valence-electron chi connectivity index (χ2n) is 4.70. The van der Waals surface area contributed by atoms with Crippen molar-refractivity contribution >= 4 is 28.9 Å². The van der Waals surface area contributed by atoms with Crippen LogP contribution in [0, 0.1) is 18.3 Å². The lowest BCUT2D eigenvalue weighted by molar-refractivity contribution is -0.112. The Kier molecular flexibility index (Phi) is 5.23. The van der Waals surface area contributed by atoms with Gasteiger partial charge < -0.3 is 15.7 Å². The number of nitriles is 1. The topological polar surface area (TPSA) is 85.2 Å². The van der Waals surface area contributed by atoms with E-state index < -0.39 is 5.91 Å². The summed E-state index contributed by atoms with van der Waals surface area (Å²) in [5, 5.41) is 24.7. The zero-order valence-corrected chi connectivity index (χ0v) is 13.1. The summed E-state index contributed by atoms with van der Waals surface area (Å²) in [7, 11) is 0. The van der Waals surface area contributed by atoms with Crippen molar-refractivity contribution in [3.05, 3.63) is 64.8 Å². The van der Waals surface area contributed by atoms with E-state index in [2.05, 4.69) is 10.6 Å². The van der Waals surface area contributed by atoms with E-state index in [1.807, 2.05) is 13.0 Å². The number of para-hydroxylation sites is 2. The van der Waals surface area contributed by atoms with Gasteiger partial charge in [0.2, 0.25) is 0 Å². The van der Waals surface area contributed by atoms with Crippen LogP contribution in [-0.2, 0) is 4.79 Å². The zero-order chi connectivity index (χ0) is 16.8. The molecule has 0 unspecified atom stereocenters. The molecule has 0 saturated carbocycles. The van der Waals surface area contributed by atoms with Gasteiger partial charge in [-0.1, -0.05) is 29.8 Å². The van der Waals surface area contributed by atoms with Crippen LogP contribution in [0.15, 0.2) is 54.2 Å². The van der Waals surface area contributed by atoms with Crippen LogP contribution in [0.1, 0.15) is 5.56 Å². The predicted molar refractivity (Wildman–Crippen MR) is 90.2 cm³/mol. The minimum atomic E-state index is -0.624. The molecule has 0 aliphatic carbocycles. The molecule has 1 amide bonds. The molecule has 6 heteroatoms. The minimum Gasteiger partial charge on any atom is -0.506 e. The van der Waals surface area contributed by atoms with Crippen molar-refractivity contribution in [2.24, 2.45) is 0 Å². The molecule has 0 aliphatic rings. The number of halogens is 1. The summed E-state index contributed by atoms with van der Waals surface area (Å²) in [5.41, 5.74) is 1.61. The number of nitrogens with one attached hydrogen (secondary N) is 2. The Balaban J connectivity index is 2.16. The van der Waals surface area contributed by atoms with Crippen LogP contribution in [0.5, 0.6) is 5.75 Å². The van der Waals surface area contributed by atoms with E-state index in [9.17, 15) is 9.90 Å². The van der Waals surface area contributed by atoms with Gasteiger partial charge in [0.25, 0.3) is 5.91 Å². The maximum atomic E-state index is 12.1. The van der Waals surface area contributed by atoms with E-state index in [1.54, 1.807) is 30.3 Å². The van der Waals surface area contributed by atoms with Crippen molar-refractivity contribution in [2.75, 3.05) is 10.6 Å². The van der Waals surface area contributed by atoms with Crippen LogP contribution in [0.2, 0.25) is 5.02 Å². The molecule has 2 rings (SSSR count). The molecule has 2 aromatic carbocycles. The molecule has 3 N–H and O–H groups in total. The number of benzene rings is 2. The number of anilines is 2. The molecule has 23 heavy (non-hydrogen) atoms. The minimum absolute atomic E-state index is 0.0724. The summed E-state index contributed by atoms with van der Waals surface area (Å²) in [5.74, 6) is -0.696. The number of carbonyl (C=O) groups excluding carboxylic acids is 1. The largest absolute Gasteiger partial charge is 0.506 e. The van der Waals surface area contributed by atoms with Gasteiger partial charge in [-0.2, -0.15) is 5.26 Å². The molecular weight excluding hydrogens is 314 g/mol. The van der Waals surface area contributed by atoms with Gasteiger partial charge in [-0.3, -0.25) is 4.79 Å². The van der Waals surface area contributed by atoms with Crippen molar-refractivity contribution in [3.63, 3.8) is 0 Å². The van der Waals surface area contributed by atoms with Gasteiger partial charge in [-0.05, 0) is 36.8 Å². The Bertz CT molecular complexity index is 810. The van der Waals surface area contributed by atoms with Crippen LogP contribution < -0.4 is 10.6 Å². The lowest BCUT2D eigenvalue weighted by Crippen LogP contribution is -2.14. The summed E-state index contributed by atoms with van der Waals surface area (Å²) in [6, 6.07) is 13.4. The van der Waals surface area contributed by atoms with Gasteiger partial charge in [0.05, 0.1) is 5.69 Å². The molecule has 0 atom stereocenters. The van der Waals surface area contributed by atoms with Crippen LogP contribution in [0.3, 0.4) is 0 Å². The molecule has 0 heterocycles. The Morgan fingerprint density at radius 2 is 1.91 bits per heavy atom. The van der Waals surface area contributed by atoms with Crippen LogP contribution in [0.25, 0.3) is 0 Å². The molecule has 0 saturated heterocycles. The quantitative estimate of drug-likeness (QED) is 0.453. The number of phenols is 1. The van der Waals surface area contributed by atoms with E-state index >= 15 is 0 Å². The fourth-order valence-electron chi connectivity index (χ4n) is 1.83. The molecule has 0 bridgehead atoms. The van der Waals surface area contributed by atoms with E-state index in [-0.39, 0.29) is 17.0 Å². The first kappa shape index (κ1) is 16.4. The van der Waals surface area contributed by atoms with Crippen molar-refractivity contribution in [3.8, 4) is 11.8 Å².